The summed E-state index contributed by atoms with van der Waals surface area (Å²) in [5.74, 6) is 0. The second-order valence-corrected chi connectivity index (χ2v) is 12.9. The minimum absolute atomic E-state index is 0.843. The highest BCUT2D eigenvalue weighted by Crippen LogP contribution is 2.48. The fraction of sp³-hybridized carbons (Fsp3) is 0. The second-order valence-electron chi connectivity index (χ2n) is 12.9. The summed E-state index contributed by atoms with van der Waals surface area (Å²) in [5.41, 5.74) is 9.90. The molecule has 11 aromatic rings. The third kappa shape index (κ3) is 3.81. The van der Waals surface area contributed by atoms with Gasteiger partial charge < -0.3 is 18.3 Å². The van der Waals surface area contributed by atoms with Crippen LogP contribution in [-0.2, 0) is 0 Å². The number of para-hydroxylation sites is 5. The third-order valence-electron chi connectivity index (χ3n) is 10.2. The molecule has 11 rings (SSSR count). The topological polar surface area (TPSA) is 34.5 Å². The maximum atomic E-state index is 6.98. The lowest BCUT2D eigenvalue weighted by molar-refractivity contribution is 0.669. The maximum absolute atomic E-state index is 6.98. The first-order chi connectivity index (χ1) is 24.8. The number of benzene rings is 8. The number of aromatic nitrogens is 1. The monoisotopic (exact) mass is 640 g/mol. The van der Waals surface area contributed by atoms with Gasteiger partial charge in [-0.05, 0) is 66.0 Å². The van der Waals surface area contributed by atoms with E-state index in [4.69, 9.17) is 8.83 Å². The number of fused-ring (bicyclic) bond motifs is 11. The zero-order valence-electron chi connectivity index (χ0n) is 26.9. The molecule has 0 aliphatic rings. The van der Waals surface area contributed by atoms with E-state index in [1.807, 2.05) is 12.1 Å². The van der Waals surface area contributed by atoms with Crippen LogP contribution in [-0.4, -0.2) is 4.57 Å². The number of anilines is 3. The summed E-state index contributed by atoms with van der Waals surface area (Å²) in [6.45, 7) is 0. The molecule has 0 amide bonds. The Bertz CT molecular complexity index is 3110. The molecule has 50 heavy (non-hydrogen) atoms. The number of rotatable bonds is 4. The molecule has 3 aromatic heterocycles. The highest BCUT2D eigenvalue weighted by molar-refractivity contribution is 6.19. The van der Waals surface area contributed by atoms with Crippen LogP contribution in [0.25, 0.3) is 82.1 Å². The molecule has 0 unspecified atom stereocenters. The summed E-state index contributed by atoms with van der Waals surface area (Å²) < 4.78 is 15.7. The molecule has 0 atom stereocenters. The molecule has 0 spiro atoms. The summed E-state index contributed by atoms with van der Waals surface area (Å²) >= 11 is 0. The molecule has 8 aromatic carbocycles. The Morgan fingerprint density at radius 3 is 1.98 bits per heavy atom. The van der Waals surface area contributed by atoms with Gasteiger partial charge in [0.25, 0.3) is 0 Å². The number of nitrogens with zero attached hydrogens (tertiary/aromatic N) is 2. The Morgan fingerprint density at radius 2 is 1.08 bits per heavy atom. The van der Waals surface area contributed by atoms with Crippen LogP contribution < -0.4 is 4.90 Å². The molecule has 0 saturated heterocycles. The van der Waals surface area contributed by atoms with Crippen LogP contribution in [0.1, 0.15) is 0 Å². The highest BCUT2D eigenvalue weighted by Gasteiger charge is 2.25. The lowest BCUT2D eigenvalue weighted by Gasteiger charge is -2.27. The van der Waals surface area contributed by atoms with Crippen molar-refractivity contribution in [3.05, 3.63) is 170 Å². The Labute approximate surface area is 286 Å². The predicted octanol–water partition coefficient (Wildman–Crippen LogP) is 13.2. The maximum Gasteiger partial charge on any atom is 0.159 e. The van der Waals surface area contributed by atoms with Crippen LogP contribution >= 0.6 is 0 Å². The van der Waals surface area contributed by atoms with E-state index in [0.29, 0.717) is 0 Å². The van der Waals surface area contributed by atoms with Gasteiger partial charge >= 0.3 is 0 Å². The molecule has 0 aliphatic heterocycles. The Balaban J connectivity index is 1.29. The van der Waals surface area contributed by atoms with Gasteiger partial charge in [-0.2, -0.15) is 0 Å². The van der Waals surface area contributed by atoms with E-state index in [2.05, 4.69) is 167 Å². The minimum Gasteiger partial charge on any atom is -0.456 e. The lowest BCUT2D eigenvalue weighted by Crippen LogP contribution is -2.12. The van der Waals surface area contributed by atoms with Crippen molar-refractivity contribution in [1.29, 1.82) is 0 Å². The van der Waals surface area contributed by atoms with Crippen molar-refractivity contribution in [3.63, 3.8) is 0 Å². The van der Waals surface area contributed by atoms with Crippen molar-refractivity contribution in [3.8, 4) is 5.69 Å². The molecule has 4 nitrogen and oxygen atoms in total. The highest BCUT2D eigenvalue weighted by atomic mass is 16.3. The van der Waals surface area contributed by atoms with Crippen molar-refractivity contribution in [1.82, 2.24) is 4.57 Å². The minimum atomic E-state index is 0.843. The summed E-state index contributed by atoms with van der Waals surface area (Å²) in [4.78, 5) is 2.37. The van der Waals surface area contributed by atoms with Gasteiger partial charge in [0, 0.05) is 49.1 Å². The quantitative estimate of drug-likeness (QED) is 0.192. The standard InChI is InChI=1S/C46H28N2O2/c1-2-13-30(14-3-1)48-39-20-8-6-16-33(39)35-18-10-21-40(44(35)48)47(31-25-27-43-38(28-31)34-17-7-9-23-42(34)49-43)41-22-11-19-36-37-26-24-29-12-4-5-15-32(29)45(37)50-46(36)41/h1-28H. The molecular weight excluding hydrogens is 613 g/mol. The number of hydrogen-bond acceptors (Lipinski definition) is 3. The van der Waals surface area contributed by atoms with Gasteiger partial charge in [0.05, 0.1) is 22.4 Å². The van der Waals surface area contributed by atoms with Gasteiger partial charge in [-0.3, -0.25) is 0 Å². The first-order valence-corrected chi connectivity index (χ1v) is 16.9. The fourth-order valence-electron chi connectivity index (χ4n) is 7.97. The first kappa shape index (κ1) is 27.2. The van der Waals surface area contributed by atoms with E-state index in [9.17, 15) is 0 Å². The van der Waals surface area contributed by atoms with E-state index in [-0.39, 0.29) is 0 Å². The van der Waals surface area contributed by atoms with Gasteiger partial charge in [0.15, 0.2) is 5.58 Å². The second kappa shape index (κ2) is 10.4. The fourth-order valence-corrected chi connectivity index (χ4v) is 7.97. The van der Waals surface area contributed by atoms with Crippen molar-refractivity contribution < 1.29 is 8.83 Å². The summed E-state index contributed by atoms with van der Waals surface area (Å²) in [6.07, 6.45) is 0. The Morgan fingerprint density at radius 1 is 0.400 bits per heavy atom. The predicted molar refractivity (Wildman–Crippen MR) is 208 cm³/mol. The summed E-state index contributed by atoms with van der Waals surface area (Å²) in [6, 6.07) is 60.1. The zero-order chi connectivity index (χ0) is 32.8. The SMILES string of the molecule is c1ccc(-n2c3ccccc3c3cccc(N(c4ccc5oc6ccccc6c5c4)c4cccc5c4oc4c6ccccc6ccc54)c32)cc1. The molecule has 0 N–H and O–H groups in total. The molecular formula is C46H28N2O2. The van der Waals surface area contributed by atoms with Gasteiger partial charge in [-0.1, -0.05) is 109 Å². The van der Waals surface area contributed by atoms with Crippen LogP contribution in [0.2, 0.25) is 0 Å². The van der Waals surface area contributed by atoms with Crippen LogP contribution in [0.5, 0.6) is 0 Å². The average molecular weight is 641 g/mol. The zero-order valence-corrected chi connectivity index (χ0v) is 26.9. The van der Waals surface area contributed by atoms with Crippen LogP contribution in [0.3, 0.4) is 0 Å². The molecule has 0 radical (unpaired) electrons. The normalized spacial score (nSPS) is 12.0. The first-order valence-electron chi connectivity index (χ1n) is 16.9. The molecule has 0 aliphatic carbocycles. The van der Waals surface area contributed by atoms with Crippen molar-refractivity contribution >= 4 is 93.5 Å². The van der Waals surface area contributed by atoms with E-state index in [0.717, 1.165) is 88.4 Å². The largest absolute Gasteiger partial charge is 0.456 e. The van der Waals surface area contributed by atoms with E-state index < -0.39 is 0 Å². The van der Waals surface area contributed by atoms with Crippen LogP contribution in [0.4, 0.5) is 17.1 Å². The van der Waals surface area contributed by atoms with Gasteiger partial charge in [-0.25, -0.2) is 0 Å². The van der Waals surface area contributed by atoms with Gasteiger partial charge in [0.1, 0.15) is 16.7 Å². The lowest BCUT2D eigenvalue weighted by atomic mass is 10.0. The molecule has 4 heteroatoms. The molecule has 0 bridgehead atoms. The molecule has 0 fully saturated rings. The molecule has 234 valence electrons. The molecule has 0 saturated carbocycles. The summed E-state index contributed by atoms with van der Waals surface area (Å²) in [7, 11) is 0. The Kier molecular flexibility index (Phi) is 5.63. The smallest absolute Gasteiger partial charge is 0.159 e. The third-order valence-corrected chi connectivity index (χ3v) is 10.2. The van der Waals surface area contributed by atoms with E-state index in [1.165, 1.54) is 10.8 Å². The number of hydrogen-bond donors (Lipinski definition) is 0. The number of furan rings is 2. The van der Waals surface area contributed by atoms with Crippen LogP contribution in [0, 0.1) is 0 Å². The van der Waals surface area contributed by atoms with Crippen LogP contribution in [0.15, 0.2) is 179 Å². The van der Waals surface area contributed by atoms with E-state index >= 15 is 0 Å². The van der Waals surface area contributed by atoms with Crippen molar-refractivity contribution in [2.24, 2.45) is 0 Å². The van der Waals surface area contributed by atoms with Crippen molar-refractivity contribution in [2.45, 2.75) is 0 Å². The summed E-state index contributed by atoms with van der Waals surface area (Å²) in [5, 5.41) is 9.01. The molecule has 3 heterocycles. The van der Waals surface area contributed by atoms with Gasteiger partial charge in [0.2, 0.25) is 0 Å². The van der Waals surface area contributed by atoms with Gasteiger partial charge in [-0.15, -0.1) is 0 Å². The average Bonchev–Trinajstić information content (AvgIpc) is 3.86. The van der Waals surface area contributed by atoms with Crippen molar-refractivity contribution in [2.75, 3.05) is 4.90 Å². The Hall–Kier alpha value is -6.78. The van der Waals surface area contributed by atoms with E-state index in [1.54, 1.807) is 0 Å².